The molecule has 1 aliphatic rings. The molecule has 1 aliphatic heterocycles. The van der Waals surface area contributed by atoms with Crippen molar-refractivity contribution in [2.45, 2.75) is 28.0 Å². The zero-order valence-electron chi connectivity index (χ0n) is 12.6. The minimum absolute atomic E-state index is 0.252. The molecule has 0 saturated carbocycles. The van der Waals surface area contributed by atoms with E-state index < -0.39 is 5.41 Å². The van der Waals surface area contributed by atoms with Gasteiger partial charge in [-0.25, -0.2) is 4.39 Å². The summed E-state index contributed by atoms with van der Waals surface area (Å²) in [5, 5.41) is 0. The van der Waals surface area contributed by atoms with E-state index in [1.807, 2.05) is 24.3 Å². The molecule has 23 heavy (non-hydrogen) atoms. The molecule has 0 radical (unpaired) electrons. The summed E-state index contributed by atoms with van der Waals surface area (Å²) >= 11 is 1.53. The maximum absolute atomic E-state index is 13.0. The Kier molecular flexibility index (Phi) is 4.68. The highest BCUT2D eigenvalue weighted by Gasteiger charge is 2.40. The van der Waals surface area contributed by atoms with Gasteiger partial charge in [0, 0.05) is 23.0 Å². The van der Waals surface area contributed by atoms with Crippen LogP contribution in [-0.4, -0.2) is 19.1 Å². The highest BCUT2D eigenvalue weighted by molar-refractivity contribution is 7.99. The second-order valence-corrected chi connectivity index (χ2v) is 6.79. The van der Waals surface area contributed by atoms with Gasteiger partial charge < -0.3 is 10.5 Å². The summed E-state index contributed by atoms with van der Waals surface area (Å²) in [5.41, 5.74) is 5.99. The summed E-state index contributed by atoms with van der Waals surface area (Å²) < 4.78 is 18.4. The second kappa shape index (κ2) is 6.72. The first-order valence-electron chi connectivity index (χ1n) is 7.52. The molecule has 1 amide bonds. The molecule has 2 aromatic carbocycles. The van der Waals surface area contributed by atoms with Gasteiger partial charge in [0.05, 0.1) is 5.41 Å². The Balaban J connectivity index is 1.89. The SMILES string of the molecule is NC(=O)C1(c2cccc(Sc3ccc(F)cc3)c2)CCOCC1. The van der Waals surface area contributed by atoms with Gasteiger partial charge in [0.25, 0.3) is 0 Å². The first-order valence-corrected chi connectivity index (χ1v) is 8.33. The minimum atomic E-state index is -0.655. The fourth-order valence-corrected chi connectivity index (χ4v) is 3.77. The molecule has 5 heteroatoms. The topological polar surface area (TPSA) is 52.3 Å². The van der Waals surface area contributed by atoms with Gasteiger partial charge in [0.1, 0.15) is 5.82 Å². The standard InChI is InChI=1S/C18H18FNO2S/c19-14-4-6-15(7-5-14)23-16-3-1-2-13(12-16)18(17(20)21)8-10-22-11-9-18/h1-7,12H,8-11H2,(H2,20,21). The molecule has 1 fully saturated rings. The van der Waals surface area contributed by atoms with Crippen LogP contribution in [0.3, 0.4) is 0 Å². The normalized spacial score (nSPS) is 16.9. The Labute approximate surface area is 139 Å². The van der Waals surface area contributed by atoms with Gasteiger partial charge in [0.15, 0.2) is 0 Å². The van der Waals surface area contributed by atoms with Crippen LogP contribution in [0.15, 0.2) is 58.3 Å². The lowest BCUT2D eigenvalue weighted by Crippen LogP contribution is -2.45. The number of benzene rings is 2. The van der Waals surface area contributed by atoms with Crippen LogP contribution in [0.5, 0.6) is 0 Å². The van der Waals surface area contributed by atoms with Crippen LogP contribution in [0.25, 0.3) is 0 Å². The van der Waals surface area contributed by atoms with E-state index in [-0.39, 0.29) is 11.7 Å². The Bertz CT molecular complexity index is 696. The van der Waals surface area contributed by atoms with E-state index >= 15 is 0 Å². The quantitative estimate of drug-likeness (QED) is 0.933. The molecule has 120 valence electrons. The van der Waals surface area contributed by atoms with Crippen molar-refractivity contribution in [2.24, 2.45) is 5.73 Å². The molecule has 2 N–H and O–H groups in total. The van der Waals surface area contributed by atoms with E-state index in [0.29, 0.717) is 26.1 Å². The molecule has 3 rings (SSSR count). The van der Waals surface area contributed by atoms with Crippen molar-refractivity contribution >= 4 is 17.7 Å². The molecule has 0 bridgehead atoms. The number of rotatable bonds is 4. The van der Waals surface area contributed by atoms with Gasteiger partial charge in [-0.05, 0) is 54.8 Å². The number of carbonyl (C=O) groups excluding carboxylic acids is 1. The monoisotopic (exact) mass is 331 g/mol. The fraction of sp³-hybridized carbons (Fsp3) is 0.278. The lowest BCUT2D eigenvalue weighted by molar-refractivity contribution is -0.127. The lowest BCUT2D eigenvalue weighted by atomic mass is 9.73. The first kappa shape index (κ1) is 16.0. The van der Waals surface area contributed by atoms with Crippen LogP contribution < -0.4 is 5.73 Å². The Morgan fingerprint density at radius 3 is 2.43 bits per heavy atom. The van der Waals surface area contributed by atoms with Crippen molar-refractivity contribution in [2.75, 3.05) is 13.2 Å². The third-order valence-corrected chi connectivity index (χ3v) is 5.25. The number of hydrogen-bond donors (Lipinski definition) is 1. The smallest absolute Gasteiger partial charge is 0.228 e. The number of halogens is 1. The van der Waals surface area contributed by atoms with Gasteiger partial charge in [-0.15, -0.1) is 0 Å². The van der Waals surface area contributed by atoms with Crippen molar-refractivity contribution in [1.82, 2.24) is 0 Å². The Morgan fingerprint density at radius 2 is 1.78 bits per heavy atom. The molecule has 0 atom stereocenters. The van der Waals surface area contributed by atoms with Gasteiger partial charge in [-0.3, -0.25) is 4.79 Å². The number of nitrogens with two attached hydrogens (primary N) is 1. The Hall–Kier alpha value is -1.85. The summed E-state index contributed by atoms with van der Waals surface area (Å²) in [4.78, 5) is 14.1. The molecule has 1 saturated heterocycles. The highest BCUT2D eigenvalue weighted by Crippen LogP contribution is 2.37. The van der Waals surface area contributed by atoms with Gasteiger partial charge in [-0.1, -0.05) is 23.9 Å². The molecule has 1 heterocycles. The van der Waals surface area contributed by atoms with E-state index in [4.69, 9.17) is 10.5 Å². The van der Waals surface area contributed by atoms with Crippen molar-refractivity contribution in [1.29, 1.82) is 0 Å². The van der Waals surface area contributed by atoms with Crippen molar-refractivity contribution in [3.8, 4) is 0 Å². The number of ether oxygens (including phenoxy) is 1. The number of hydrogen-bond acceptors (Lipinski definition) is 3. The summed E-state index contributed by atoms with van der Waals surface area (Å²) in [5.74, 6) is -0.553. The summed E-state index contributed by atoms with van der Waals surface area (Å²) in [6.07, 6.45) is 1.21. The zero-order valence-corrected chi connectivity index (χ0v) is 13.4. The van der Waals surface area contributed by atoms with Crippen molar-refractivity contribution in [3.63, 3.8) is 0 Å². The zero-order chi connectivity index (χ0) is 16.3. The maximum Gasteiger partial charge on any atom is 0.228 e. The van der Waals surface area contributed by atoms with Crippen LogP contribution in [0, 0.1) is 5.82 Å². The van der Waals surface area contributed by atoms with Crippen molar-refractivity contribution < 1.29 is 13.9 Å². The van der Waals surface area contributed by atoms with Crippen molar-refractivity contribution in [3.05, 3.63) is 59.9 Å². The van der Waals surface area contributed by atoms with Crippen LogP contribution in [0.4, 0.5) is 4.39 Å². The van der Waals surface area contributed by atoms with E-state index in [1.54, 1.807) is 12.1 Å². The highest BCUT2D eigenvalue weighted by atomic mass is 32.2. The van der Waals surface area contributed by atoms with Crippen LogP contribution in [0.2, 0.25) is 0 Å². The maximum atomic E-state index is 13.0. The van der Waals surface area contributed by atoms with Crippen LogP contribution in [0.1, 0.15) is 18.4 Å². The predicted octanol–water partition coefficient (Wildman–Crippen LogP) is 3.51. The average Bonchev–Trinajstić information content (AvgIpc) is 2.58. The molecule has 0 unspecified atom stereocenters. The number of amides is 1. The summed E-state index contributed by atoms with van der Waals surface area (Å²) in [6.45, 7) is 1.08. The van der Waals surface area contributed by atoms with Crippen LogP contribution >= 0.6 is 11.8 Å². The first-order chi connectivity index (χ1) is 11.1. The third kappa shape index (κ3) is 3.41. The molecule has 0 spiro atoms. The molecule has 3 nitrogen and oxygen atoms in total. The Morgan fingerprint density at radius 1 is 1.09 bits per heavy atom. The van der Waals surface area contributed by atoms with E-state index in [1.165, 1.54) is 23.9 Å². The van der Waals surface area contributed by atoms with E-state index in [9.17, 15) is 9.18 Å². The van der Waals surface area contributed by atoms with E-state index in [2.05, 4.69) is 0 Å². The van der Waals surface area contributed by atoms with E-state index in [0.717, 1.165) is 15.4 Å². The second-order valence-electron chi connectivity index (χ2n) is 5.64. The number of primary amides is 1. The summed E-state index contributed by atoms with van der Waals surface area (Å²) in [7, 11) is 0. The average molecular weight is 331 g/mol. The third-order valence-electron chi connectivity index (χ3n) is 4.25. The fourth-order valence-electron chi connectivity index (χ4n) is 2.89. The predicted molar refractivity (Wildman–Crippen MR) is 87.9 cm³/mol. The van der Waals surface area contributed by atoms with Crippen LogP contribution in [-0.2, 0) is 14.9 Å². The van der Waals surface area contributed by atoms with Gasteiger partial charge in [0.2, 0.25) is 5.91 Å². The molecule has 0 aromatic heterocycles. The summed E-state index contributed by atoms with van der Waals surface area (Å²) in [6, 6.07) is 14.2. The number of carbonyl (C=O) groups is 1. The molecule has 0 aliphatic carbocycles. The largest absolute Gasteiger partial charge is 0.381 e. The lowest BCUT2D eigenvalue weighted by Gasteiger charge is -2.34. The van der Waals surface area contributed by atoms with Gasteiger partial charge in [-0.2, -0.15) is 0 Å². The molecule has 2 aromatic rings. The minimum Gasteiger partial charge on any atom is -0.381 e. The molecular weight excluding hydrogens is 313 g/mol. The van der Waals surface area contributed by atoms with Gasteiger partial charge >= 0.3 is 0 Å². The molecular formula is C18H18FNO2S.